The molecule has 0 radical (unpaired) electrons. The predicted octanol–water partition coefficient (Wildman–Crippen LogP) is 0.543. The highest BCUT2D eigenvalue weighted by Gasteiger charge is 2.00. The van der Waals surface area contributed by atoms with Crippen LogP contribution < -0.4 is 10.5 Å². The van der Waals surface area contributed by atoms with Crippen molar-refractivity contribution in [1.82, 2.24) is 9.97 Å². The summed E-state index contributed by atoms with van der Waals surface area (Å²) in [5.41, 5.74) is 5.89. The van der Waals surface area contributed by atoms with E-state index in [0.717, 1.165) is 6.42 Å². The third-order valence-electron chi connectivity index (χ3n) is 2.00. The van der Waals surface area contributed by atoms with Gasteiger partial charge in [0.05, 0.1) is 32.2 Å². The molecule has 18 heavy (non-hydrogen) atoms. The molecule has 0 spiro atoms. The molecule has 0 aliphatic rings. The highest BCUT2D eigenvalue weighted by molar-refractivity contribution is 7.80. The van der Waals surface area contributed by atoms with E-state index in [-0.39, 0.29) is 4.99 Å². The summed E-state index contributed by atoms with van der Waals surface area (Å²) in [6.45, 7) is 2.35. The largest absolute Gasteiger partial charge is 0.476 e. The van der Waals surface area contributed by atoms with Gasteiger partial charge in [-0.1, -0.05) is 12.2 Å². The fourth-order valence-corrected chi connectivity index (χ4v) is 1.21. The van der Waals surface area contributed by atoms with Crippen molar-refractivity contribution in [2.24, 2.45) is 5.73 Å². The first-order valence-corrected chi connectivity index (χ1v) is 5.96. The molecule has 0 aliphatic carbocycles. The van der Waals surface area contributed by atoms with E-state index in [1.165, 1.54) is 12.4 Å². The van der Waals surface area contributed by atoms with Gasteiger partial charge in [-0.05, 0) is 0 Å². The number of rotatable bonds is 9. The van der Waals surface area contributed by atoms with Crippen molar-refractivity contribution in [2.75, 3.05) is 33.5 Å². The van der Waals surface area contributed by atoms with Gasteiger partial charge in [-0.25, -0.2) is 9.97 Å². The molecule has 0 fully saturated rings. The van der Waals surface area contributed by atoms with Crippen LogP contribution in [0.4, 0.5) is 0 Å². The molecule has 1 heterocycles. The van der Waals surface area contributed by atoms with E-state index in [1.54, 1.807) is 7.11 Å². The van der Waals surface area contributed by atoms with Crippen LogP contribution in [0.15, 0.2) is 12.4 Å². The van der Waals surface area contributed by atoms with Gasteiger partial charge in [-0.3, -0.25) is 0 Å². The van der Waals surface area contributed by atoms with Crippen LogP contribution in [0.3, 0.4) is 0 Å². The van der Waals surface area contributed by atoms with Crippen LogP contribution >= 0.6 is 12.2 Å². The van der Waals surface area contributed by atoms with Crippen molar-refractivity contribution < 1.29 is 14.2 Å². The summed E-state index contributed by atoms with van der Waals surface area (Å²) in [6, 6.07) is 0. The van der Waals surface area contributed by atoms with Gasteiger partial charge in [0, 0.05) is 20.1 Å². The second-order valence-corrected chi connectivity index (χ2v) is 3.85. The lowest BCUT2D eigenvalue weighted by molar-refractivity contribution is 0.0642. The maximum absolute atomic E-state index is 5.40. The molecule has 0 saturated carbocycles. The van der Waals surface area contributed by atoms with E-state index in [9.17, 15) is 0 Å². The molecule has 0 amide bonds. The second kappa shape index (κ2) is 8.73. The summed E-state index contributed by atoms with van der Waals surface area (Å²) in [6.07, 6.45) is 3.77. The molecule has 0 aliphatic heterocycles. The van der Waals surface area contributed by atoms with Crippen LogP contribution in [0.5, 0.6) is 5.88 Å². The van der Waals surface area contributed by atoms with Gasteiger partial charge in [0.2, 0.25) is 5.88 Å². The van der Waals surface area contributed by atoms with Crippen molar-refractivity contribution in [2.45, 2.75) is 6.42 Å². The molecular weight excluding hydrogens is 254 g/mol. The third kappa shape index (κ3) is 5.85. The molecule has 1 aromatic rings. The zero-order chi connectivity index (χ0) is 13.2. The molecule has 0 atom stereocenters. The molecule has 100 valence electrons. The minimum absolute atomic E-state index is 0.223. The summed E-state index contributed by atoms with van der Waals surface area (Å²) in [5.74, 6) is 0.451. The van der Waals surface area contributed by atoms with E-state index < -0.39 is 0 Å². The normalized spacial score (nSPS) is 10.3. The van der Waals surface area contributed by atoms with Crippen molar-refractivity contribution in [1.29, 1.82) is 0 Å². The lowest BCUT2D eigenvalue weighted by Gasteiger charge is -2.06. The average Bonchev–Trinajstić information content (AvgIpc) is 2.38. The van der Waals surface area contributed by atoms with Gasteiger partial charge in [0.15, 0.2) is 0 Å². The van der Waals surface area contributed by atoms with Crippen LogP contribution in [0.25, 0.3) is 0 Å². The Morgan fingerprint density at radius 3 is 2.67 bits per heavy atom. The number of ether oxygens (including phenoxy) is 3. The van der Waals surface area contributed by atoms with Crippen LogP contribution in [-0.4, -0.2) is 48.5 Å². The van der Waals surface area contributed by atoms with Gasteiger partial charge in [0.25, 0.3) is 0 Å². The Morgan fingerprint density at radius 1 is 1.22 bits per heavy atom. The summed E-state index contributed by atoms with van der Waals surface area (Å²) in [7, 11) is 1.64. The first kappa shape index (κ1) is 14.7. The lowest BCUT2D eigenvalue weighted by Crippen LogP contribution is -2.12. The van der Waals surface area contributed by atoms with Crippen molar-refractivity contribution in [3.05, 3.63) is 18.1 Å². The van der Waals surface area contributed by atoms with Crippen LogP contribution in [0, 0.1) is 0 Å². The van der Waals surface area contributed by atoms with Crippen molar-refractivity contribution in [3.63, 3.8) is 0 Å². The quantitative estimate of drug-likeness (QED) is 0.518. The fourth-order valence-electron chi connectivity index (χ4n) is 1.10. The van der Waals surface area contributed by atoms with Gasteiger partial charge in [-0.2, -0.15) is 0 Å². The zero-order valence-electron chi connectivity index (χ0n) is 10.3. The van der Waals surface area contributed by atoms with Crippen molar-refractivity contribution in [3.8, 4) is 5.88 Å². The Bertz CT molecular complexity index is 359. The molecule has 6 nitrogen and oxygen atoms in total. The summed E-state index contributed by atoms with van der Waals surface area (Å²) in [4.78, 5) is 8.27. The van der Waals surface area contributed by atoms with E-state index >= 15 is 0 Å². The predicted molar refractivity (Wildman–Crippen MR) is 70.7 cm³/mol. The Labute approximate surface area is 111 Å². The molecule has 7 heteroatoms. The van der Waals surface area contributed by atoms with Gasteiger partial charge < -0.3 is 19.9 Å². The Hall–Kier alpha value is -1.31. The minimum atomic E-state index is 0.223. The zero-order valence-corrected chi connectivity index (χ0v) is 11.1. The highest BCUT2D eigenvalue weighted by atomic mass is 32.1. The summed E-state index contributed by atoms with van der Waals surface area (Å²) in [5, 5.41) is 0. The van der Waals surface area contributed by atoms with Gasteiger partial charge in [0.1, 0.15) is 10.7 Å². The average molecular weight is 271 g/mol. The molecule has 0 aromatic carbocycles. The Balaban J connectivity index is 2.14. The third-order valence-corrected chi connectivity index (χ3v) is 2.20. The number of hydrogen-bond donors (Lipinski definition) is 1. The molecule has 0 bridgehead atoms. The number of methoxy groups -OCH3 is 1. The van der Waals surface area contributed by atoms with Gasteiger partial charge >= 0.3 is 0 Å². The van der Waals surface area contributed by atoms with Crippen LogP contribution in [-0.2, 0) is 9.47 Å². The maximum Gasteiger partial charge on any atom is 0.232 e. The molecule has 1 aromatic heterocycles. The monoisotopic (exact) mass is 271 g/mol. The summed E-state index contributed by atoms with van der Waals surface area (Å²) < 4.78 is 15.5. The smallest absolute Gasteiger partial charge is 0.232 e. The maximum atomic E-state index is 5.40. The molecule has 1 rings (SSSR count). The number of thiocarbonyl (C=S) groups is 1. The molecular formula is C11H17N3O3S. The first-order valence-electron chi connectivity index (χ1n) is 5.55. The molecule has 2 N–H and O–H groups in total. The number of nitrogens with zero attached hydrogens (tertiary/aromatic N) is 2. The van der Waals surface area contributed by atoms with Gasteiger partial charge in [-0.15, -0.1) is 0 Å². The van der Waals surface area contributed by atoms with Crippen LogP contribution in [0.2, 0.25) is 0 Å². The summed E-state index contributed by atoms with van der Waals surface area (Å²) >= 11 is 4.77. The van der Waals surface area contributed by atoms with Crippen molar-refractivity contribution >= 4 is 17.2 Å². The Morgan fingerprint density at radius 2 is 2.06 bits per heavy atom. The van der Waals surface area contributed by atoms with E-state index in [4.69, 9.17) is 32.2 Å². The number of hydrogen-bond acceptors (Lipinski definition) is 6. The molecule has 0 saturated heterocycles. The van der Waals surface area contributed by atoms with E-state index in [0.29, 0.717) is 38.0 Å². The minimum Gasteiger partial charge on any atom is -0.476 e. The SMILES string of the molecule is COCCOCCCOc1cnc(C(N)=S)cn1. The topological polar surface area (TPSA) is 79.5 Å². The number of nitrogens with two attached hydrogens (primary N) is 1. The van der Waals surface area contributed by atoms with Crippen LogP contribution in [0.1, 0.15) is 12.1 Å². The lowest BCUT2D eigenvalue weighted by atomic mass is 10.4. The van der Waals surface area contributed by atoms with E-state index in [2.05, 4.69) is 9.97 Å². The highest BCUT2D eigenvalue weighted by Crippen LogP contribution is 2.04. The fraction of sp³-hybridized carbons (Fsp3) is 0.545. The second-order valence-electron chi connectivity index (χ2n) is 3.41. The standard InChI is InChI=1S/C11H17N3O3S/c1-15-5-6-16-3-2-4-17-10-8-13-9(7-14-10)11(12)18/h7-8H,2-6H2,1H3,(H2,12,18). The number of aromatic nitrogens is 2. The molecule has 0 unspecified atom stereocenters. The first-order chi connectivity index (χ1) is 8.74. The Kier molecular flexibility index (Phi) is 7.16. The van der Waals surface area contributed by atoms with E-state index in [1.807, 2.05) is 0 Å².